The molecule has 1 aliphatic carbocycles. The Morgan fingerprint density at radius 1 is 1.53 bits per heavy atom. The second-order valence-corrected chi connectivity index (χ2v) is 5.54. The van der Waals surface area contributed by atoms with Crippen LogP contribution < -0.4 is 16.4 Å². The van der Waals surface area contributed by atoms with Crippen molar-refractivity contribution in [3.8, 4) is 0 Å². The number of hydrogen-bond donors (Lipinski definition) is 3. The lowest BCUT2D eigenvalue weighted by molar-refractivity contribution is -0.114. The zero-order valence-corrected chi connectivity index (χ0v) is 12.3. The summed E-state index contributed by atoms with van der Waals surface area (Å²) in [5.74, 6) is 0.158. The second-order valence-electron chi connectivity index (χ2n) is 4.63. The highest BCUT2D eigenvalue weighted by Crippen LogP contribution is 2.20. The topological polar surface area (TPSA) is 79.5 Å². The third-order valence-electron chi connectivity index (χ3n) is 2.80. The lowest BCUT2D eigenvalue weighted by atomic mass is 10.2. The van der Waals surface area contributed by atoms with Gasteiger partial charge in [0.2, 0.25) is 5.91 Å². The van der Waals surface area contributed by atoms with Gasteiger partial charge in [-0.1, -0.05) is 22.0 Å². The average Bonchev–Trinajstić information content (AvgIpc) is 3.15. The van der Waals surface area contributed by atoms with Gasteiger partial charge >= 0.3 is 0 Å². The number of hydrogen-bond acceptors (Lipinski definition) is 2. The highest BCUT2D eigenvalue weighted by Gasteiger charge is 2.21. The maximum absolute atomic E-state index is 11.8. The van der Waals surface area contributed by atoms with Crippen LogP contribution in [-0.4, -0.2) is 24.5 Å². The van der Waals surface area contributed by atoms with Gasteiger partial charge in [-0.25, -0.2) is 4.99 Å². The number of nitrogens with zero attached hydrogens (tertiary/aromatic N) is 1. The molecule has 0 heterocycles. The SMILES string of the molecule is Cc1ccc(Br)cc1NC(=O)CN=C(N)NC1CC1. The number of nitrogens with two attached hydrogens (primary N) is 1. The van der Waals surface area contributed by atoms with E-state index >= 15 is 0 Å². The first-order valence-corrected chi connectivity index (χ1v) is 6.96. The van der Waals surface area contributed by atoms with E-state index in [1.165, 1.54) is 0 Å². The minimum Gasteiger partial charge on any atom is -0.370 e. The van der Waals surface area contributed by atoms with Crippen LogP contribution in [0.5, 0.6) is 0 Å². The zero-order valence-electron chi connectivity index (χ0n) is 10.7. The van der Waals surface area contributed by atoms with E-state index in [0.717, 1.165) is 28.6 Å². The molecule has 0 bridgehead atoms. The molecule has 6 heteroatoms. The summed E-state index contributed by atoms with van der Waals surface area (Å²) in [6.07, 6.45) is 2.25. The molecule has 1 amide bonds. The highest BCUT2D eigenvalue weighted by atomic mass is 79.9. The molecule has 5 nitrogen and oxygen atoms in total. The van der Waals surface area contributed by atoms with Gasteiger partial charge in [0.1, 0.15) is 6.54 Å². The fourth-order valence-electron chi connectivity index (χ4n) is 1.56. The molecule has 0 aliphatic heterocycles. The Kier molecular flexibility index (Phi) is 4.42. The molecule has 1 fully saturated rings. The number of carbonyl (C=O) groups is 1. The molecule has 0 radical (unpaired) electrons. The lowest BCUT2D eigenvalue weighted by Gasteiger charge is -2.08. The van der Waals surface area contributed by atoms with Gasteiger partial charge in [0.25, 0.3) is 0 Å². The van der Waals surface area contributed by atoms with Gasteiger partial charge in [0.05, 0.1) is 0 Å². The average molecular weight is 325 g/mol. The Morgan fingerprint density at radius 2 is 2.26 bits per heavy atom. The van der Waals surface area contributed by atoms with Crippen LogP contribution >= 0.6 is 15.9 Å². The number of aryl methyl sites for hydroxylation is 1. The number of rotatable bonds is 4. The fourth-order valence-corrected chi connectivity index (χ4v) is 1.92. The van der Waals surface area contributed by atoms with Crippen molar-refractivity contribution in [2.45, 2.75) is 25.8 Å². The van der Waals surface area contributed by atoms with Gasteiger partial charge in [-0.15, -0.1) is 0 Å². The van der Waals surface area contributed by atoms with Crippen LogP contribution in [0.1, 0.15) is 18.4 Å². The molecule has 1 aromatic carbocycles. The molecule has 19 heavy (non-hydrogen) atoms. The summed E-state index contributed by atoms with van der Waals surface area (Å²) in [5, 5.41) is 5.85. The van der Waals surface area contributed by atoms with E-state index in [2.05, 4.69) is 31.6 Å². The molecule has 1 saturated carbocycles. The van der Waals surface area contributed by atoms with Gasteiger partial charge in [-0.3, -0.25) is 4.79 Å². The van der Waals surface area contributed by atoms with Crippen molar-refractivity contribution >= 4 is 33.5 Å². The number of anilines is 1. The summed E-state index contributed by atoms with van der Waals surface area (Å²) >= 11 is 3.37. The first kappa shape index (κ1) is 13.9. The summed E-state index contributed by atoms with van der Waals surface area (Å²) < 4.78 is 0.923. The van der Waals surface area contributed by atoms with Crippen LogP contribution in [0.3, 0.4) is 0 Å². The van der Waals surface area contributed by atoms with Gasteiger partial charge in [-0.05, 0) is 37.5 Å². The molecule has 0 unspecified atom stereocenters. The van der Waals surface area contributed by atoms with Crippen LogP contribution in [-0.2, 0) is 4.79 Å². The van der Waals surface area contributed by atoms with Crippen molar-refractivity contribution in [3.05, 3.63) is 28.2 Å². The monoisotopic (exact) mass is 324 g/mol. The second kappa shape index (κ2) is 6.06. The Balaban J connectivity index is 1.87. The molecule has 4 N–H and O–H groups in total. The number of halogens is 1. The first-order valence-electron chi connectivity index (χ1n) is 6.17. The third-order valence-corrected chi connectivity index (χ3v) is 3.29. The van der Waals surface area contributed by atoms with E-state index in [1.807, 2.05) is 25.1 Å². The van der Waals surface area contributed by atoms with Gasteiger partial charge in [-0.2, -0.15) is 0 Å². The number of guanidine groups is 1. The smallest absolute Gasteiger partial charge is 0.246 e. The van der Waals surface area contributed by atoms with Gasteiger partial charge in [0.15, 0.2) is 5.96 Å². The molecule has 0 saturated heterocycles. The van der Waals surface area contributed by atoms with Crippen molar-refractivity contribution in [1.29, 1.82) is 0 Å². The van der Waals surface area contributed by atoms with E-state index < -0.39 is 0 Å². The van der Waals surface area contributed by atoms with Crippen molar-refractivity contribution < 1.29 is 4.79 Å². The Morgan fingerprint density at radius 3 is 2.95 bits per heavy atom. The Hall–Kier alpha value is -1.56. The molecule has 0 atom stereocenters. The minimum atomic E-state index is -0.179. The van der Waals surface area contributed by atoms with Crippen molar-refractivity contribution in [3.63, 3.8) is 0 Å². The van der Waals surface area contributed by atoms with Crippen molar-refractivity contribution in [2.24, 2.45) is 10.7 Å². The van der Waals surface area contributed by atoms with E-state index in [0.29, 0.717) is 12.0 Å². The van der Waals surface area contributed by atoms with Crippen LogP contribution in [0.15, 0.2) is 27.7 Å². The predicted octanol–water partition coefficient (Wildman–Crippen LogP) is 1.76. The summed E-state index contributed by atoms with van der Waals surface area (Å²) in [6, 6.07) is 6.18. The summed E-state index contributed by atoms with van der Waals surface area (Å²) in [6.45, 7) is 1.96. The van der Waals surface area contributed by atoms with Crippen LogP contribution in [0.25, 0.3) is 0 Å². The Labute approximate surface area is 120 Å². The van der Waals surface area contributed by atoms with Crippen LogP contribution in [0, 0.1) is 6.92 Å². The van der Waals surface area contributed by atoms with E-state index in [1.54, 1.807) is 0 Å². The Bertz CT molecular complexity index is 511. The normalized spacial score (nSPS) is 15.2. The van der Waals surface area contributed by atoms with Crippen molar-refractivity contribution in [1.82, 2.24) is 5.32 Å². The van der Waals surface area contributed by atoms with E-state index in [9.17, 15) is 4.79 Å². The number of benzene rings is 1. The summed E-state index contributed by atoms with van der Waals surface area (Å²) in [4.78, 5) is 15.8. The lowest BCUT2D eigenvalue weighted by Crippen LogP contribution is -2.34. The standard InChI is InChI=1S/C13H17BrN4O/c1-8-2-3-9(14)6-11(8)18-12(19)7-16-13(15)17-10-4-5-10/h2-3,6,10H,4-5,7H2,1H3,(H,18,19)(H3,15,16,17). The number of amides is 1. The largest absolute Gasteiger partial charge is 0.370 e. The molecule has 1 aromatic rings. The van der Waals surface area contributed by atoms with Crippen molar-refractivity contribution in [2.75, 3.05) is 11.9 Å². The maximum Gasteiger partial charge on any atom is 0.246 e. The third kappa shape index (κ3) is 4.55. The van der Waals surface area contributed by atoms with Gasteiger partial charge < -0.3 is 16.4 Å². The summed E-state index contributed by atoms with van der Waals surface area (Å²) in [5.41, 5.74) is 7.45. The number of aliphatic imine (C=N–C) groups is 1. The minimum absolute atomic E-state index is 0.0253. The maximum atomic E-state index is 11.8. The molecule has 0 spiro atoms. The van der Waals surface area contributed by atoms with Gasteiger partial charge in [0, 0.05) is 16.2 Å². The summed E-state index contributed by atoms with van der Waals surface area (Å²) in [7, 11) is 0. The fraction of sp³-hybridized carbons (Fsp3) is 0.385. The molecule has 2 rings (SSSR count). The highest BCUT2D eigenvalue weighted by molar-refractivity contribution is 9.10. The zero-order chi connectivity index (χ0) is 13.8. The van der Waals surface area contributed by atoms with Crippen LogP contribution in [0.2, 0.25) is 0 Å². The quantitative estimate of drug-likeness (QED) is 0.583. The first-order chi connectivity index (χ1) is 9.04. The molecule has 0 aromatic heterocycles. The number of nitrogens with one attached hydrogen (secondary N) is 2. The van der Waals surface area contributed by atoms with E-state index in [4.69, 9.17) is 5.73 Å². The predicted molar refractivity (Wildman–Crippen MR) is 80.2 cm³/mol. The number of carbonyl (C=O) groups excluding carboxylic acids is 1. The molecular formula is C13H17BrN4O. The van der Waals surface area contributed by atoms with Crippen LogP contribution in [0.4, 0.5) is 5.69 Å². The molecule has 1 aliphatic rings. The molecular weight excluding hydrogens is 308 g/mol. The van der Waals surface area contributed by atoms with E-state index in [-0.39, 0.29) is 12.5 Å². The molecule has 102 valence electrons.